The number of hydrogen-bond acceptors (Lipinski definition) is 6. The van der Waals surface area contributed by atoms with Crippen molar-refractivity contribution in [1.82, 2.24) is 14.8 Å². The molecule has 0 aliphatic heterocycles. The molecule has 0 saturated carbocycles. The fourth-order valence-electron chi connectivity index (χ4n) is 3.26. The van der Waals surface area contributed by atoms with E-state index < -0.39 is 10.8 Å². The highest BCUT2D eigenvalue weighted by molar-refractivity contribution is 6.13. The number of non-ortho nitro benzene ring substituents is 1. The Kier molecular flexibility index (Phi) is 5.31. The number of rotatable bonds is 6. The minimum absolute atomic E-state index is 0.179. The first-order valence-electron chi connectivity index (χ1n) is 9.56. The number of nitrogens with zero attached hydrogens (tertiary/aromatic N) is 4. The normalized spacial score (nSPS) is 10.8. The van der Waals surface area contributed by atoms with Crippen LogP contribution in [0.1, 0.15) is 17.3 Å². The van der Waals surface area contributed by atoms with E-state index >= 15 is 0 Å². The quantitative estimate of drug-likeness (QED) is 0.370. The average Bonchev–Trinajstić information content (AvgIpc) is 3.27. The fourth-order valence-corrected chi connectivity index (χ4v) is 3.26. The molecule has 0 atom stereocenters. The number of carbonyl (C=O) groups is 1. The van der Waals surface area contributed by atoms with E-state index in [9.17, 15) is 14.9 Å². The Bertz CT molecular complexity index is 1300. The van der Waals surface area contributed by atoms with Gasteiger partial charge >= 0.3 is 0 Å². The molecular weight excluding hydrogens is 398 g/mol. The van der Waals surface area contributed by atoms with E-state index in [4.69, 9.17) is 4.74 Å². The van der Waals surface area contributed by atoms with Crippen molar-refractivity contribution in [1.29, 1.82) is 0 Å². The Hall–Kier alpha value is -4.27. The molecule has 0 saturated heterocycles. The number of nitro groups is 1. The number of fused-ring (bicyclic) bond motifs is 1. The maximum atomic E-state index is 13.2. The van der Waals surface area contributed by atoms with Gasteiger partial charge in [-0.25, -0.2) is 4.98 Å². The summed E-state index contributed by atoms with van der Waals surface area (Å²) in [5.74, 6) is -0.137. The topological polar surface area (TPSA) is 112 Å². The molecule has 31 heavy (non-hydrogen) atoms. The molecule has 9 nitrogen and oxygen atoms in total. The number of methoxy groups -OCH3 is 1. The number of benzene rings is 2. The third kappa shape index (κ3) is 4.06. The lowest BCUT2D eigenvalue weighted by Gasteiger charge is -2.11. The Morgan fingerprint density at radius 2 is 2.03 bits per heavy atom. The molecule has 156 valence electrons. The van der Waals surface area contributed by atoms with Gasteiger partial charge in [-0.15, -0.1) is 0 Å². The van der Waals surface area contributed by atoms with Gasteiger partial charge in [0, 0.05) is 35.8 Å². The zero-order valence-corrected chi connectivity index (χ0v) is 16.9. The predicted octanol–water partition coefficient (Wildman–Crippen LogP) is 4.29. The third-order valence-corrected chi connectivity index (χ3v) is 4.81. The van der Waals surface area contributed by atoms with E-state index in [0.29, 0.717) is 22.2 Å². The minimum Gasteiger partial charge on any atom is -0.496 e. The largest absolute Gasteiger partial charge is 0.496 e. The van der Waals surface area contributed by atoms with Gasteiger partial charge in [-0.2, -0.15) is 5.10 Å². The van der Waals surface area contributed by atoms with Crippen LogP contribution in [-0.4, -0.2) is 32.7 Å². The van der Waals surface area contributed by atoms with Crippen LogP contribution >= 0.6 is 0 Å². The van der Waals surface area contributed by atoms with Gasteiger partial charge in [0.25, 0.3) is 11.6 Å². The van der Waals surface area contributed by atoms with Gasteiger partial charge in [0.15, 0.2) is 0 Å². The molecule has 4 aromatic rings. The maximum absolute atomic E-state index is 13.2. The molecule has 0 radical (unpaired) electrons. The summed E-state index contributed by atoms with van der Waals surface area (Å²) >= 11 is 0. The second-order valence-corrected chi connectivity index (χ2v) is 6.79. The van der Waals surface area contributed by atoms with E-state index in [1.54, 1.807) is 16.9 Å². The summed E-state index contributed by atoms with van der Waals surface area (Å²) in [6, 6.07) is 13.1. The lowest BCUT2D eigenvalue weighted by Crippen LogP contribution is -2.13. The van der Waals surface area contributed by atoms with E-state index in [2.05, 4.69) is 15.4 Å². The number of para-hydroxylation sites is 1. The average molecular weight is 417 g/mol. The molecule has 1 amide bonds. The number of anilines is 1. The molecule has 2 aromatic carbocycles. The number of ether oxygens (including phenoxy) is 1. The summed E-state index contributed by atoms with van der Waals surface area (Å²) in [6.07, 6.45) is 3.57. The van der Waals surface area contributed by atoms with Crippen molar-refractivity contribution in [2.45, 2.75) is 13.5 Å². The number of nitro benzene ring substituents is 1. The number of amides is 1. The molecule has 2 aromatic heterocycles. The van der Waals surface area contributed by atoms with Gasteiger partial charge in [-0.05, 0) is 19.1 Å². The van der Waals surface area contributed by atoms with Crippen LogP contribution < -0.4 is 10.1 Å². The smallest absolute Gasteiger partial charge is 0.275 e. The summed E-state index contributed by atoms with van der Waals surface area (Å²) in [5, 5.41) is 18.9. The first-order valence-corrected chi connectivity index (χ1v) is 9.56. The second kappa shape index (κ2) is 8.23. The zero-order valence-electron chi connectivity index (χ0n) is 16.9. The summed E-state index contributed by atoms with van der Waals surface area (Å²) < 4.78 is 6.90. The van der Waals surface area contributed by atoms with Crippen LogP contribution in [0.25, 0.3) is 22.2 Å². The molecule has 0 aliphatic rings. The molecule has 0 bridgehead atoms. The number of aromatic nitrogens is 3. The van der Waals surface area contributed by atoms with Gasteiger partial charge < -0.3 is 10.1 Å². The van der Waals surface area contributed by atoms with Crippen LogP contribution in [-0.2, 0) is 6.54 Å². The predicted molar refractivity (Wildman–Crippen MR) is 116 cm³/mol. The Morgan fingerprint density at radius 3 is 2.74 bits per heavy atom. The first-order chi connectivity index (χ1) is 15.0. The van der Waals surface area contributed by atoms with Crippen molar-refractivity contribution in [3.8, 4) is 17.0 Å². The van der Waals surface area contributed by atoms with Crippen LogP contribution in [0, 0.1) is 10.1 Å². The summed E-state index contributed by atoms with van der Waals surface area (Å²) in [6.45, 7) is 2.70. The molecule has 9 heteroatoms. The van der Waals surface area contributed by atoms with Crippen molar-refractivity contribution in [2.75, 3.05) is 12.4 Å². The molecule has 0 aliphatic carbocycles. The van der Waals surface area contributed by atoms with Gasteiger partial charge in [-0.1, -0.05) is 18.2 Å². The first kappa shape index (κ1) is 20.0. The fraction of sp³-hybridized carbons (Fsp3) is 0.136. The van der Waals surface area contributed by atoms with Crippen molar-refractivity contribution >= 4 is 28.2 Å². The Balaban J connectivity index is 1.77. The van der Waals surface area contributed by atoms with Gasteiger partial charge in [0.2, 0.25) is 0 Å². The summed E-state index contributed by atoms with van der Waals surface area (Å²) in [7, 11) is 1.41. The van der Waals surface area contributed by atoms with E-state index in [1.165, 1.54) is 25.3 Å². The molecule has 4 rings (SSSR count). The van der Waals surface area contributed by atoms with Crippen molar-refractivity contribution < 1.29 is 14.5 Å². The number of hydrogen-bond donors (Lipinski definition) is 1. The van der Waals surface area contributed by atoms with Gasteiger partial charge in [0.1, 0.15) is 5.75 Å². The van der Waals surface area contributed by atoms with Crippen LogP contribution in [0.2, 0.25) is 0 Å². The van der Waals surface area contributed by atoms with Gasteiger partial charge in [-0.3, -0.25) is 19.6 Å². The minimum atomic E-state index is -0.538. The highest BCUT2D eigenvalue weighted by Gasteiger charge is 2.17. The number of aryl methyl sites for hydroxylation is 1. The van der Waals surface area contributed by atoms with Crippen molar-refractivity contribution in [3.05, 3.63) is 76.6 Å². The van der Waals surface area contributed by atoms with E-state index in [0.717, 1.165) is 12.1 Å². The number of nitrogens with one attached hydrogen (secondary N) is 1. The maximum Gasteiger partial charge on any atom is 0.275 e. The van der Waals surface area contributed by atoms with Crippen LogP contribution in [0.4, 0.5) is 11.4 Å². The molecular formula is C22H19N5O4. The summed E-state index contributed by atoms with van der Waals surface area (Å²) in [5.41, 5.74) is 2.54. The molecule has 0 spiro atoms. The SMILES string of the molecule is CCn1cc(-c2cc(C(=O)Nc3cc(OC)cc([N+](=O)[O-])c3)c3ccccc3n2)cn1. The number of pyridine rings is 1. The van der Waals surface area contributed by atoms with Crippen molar-refractivity contribution in [3.63, 3.8) is 0 Å². The molecule has 0 unspecified atom stereocenters. The molecule has 1 N–H and O–H groups in total. The van der Waals surface area contributed by atoms with Crippen molar-refractivity contribution in [2.24, 2.45) is 0 Å². The van der Waals surface area contributed by atoms with Crippen LogP contribution in [0.15, 0.2) is 60.9 Å². The molecule has 0 fully saturated rings. The lowest BCUT2D eigenvalue weighted by molar-refractivity contribution is -0.384. The highest BCUT2D eigenvalue weighted by atomic mass is 16.6. The van der Waals surface area contributed by atoms with Gasteiger partial charge in [0.05, 0.1) is 46.8 Å². The zero-order chi connectivity index (χ0) is 22.0. The molecule has 2 heterocycles. The Morgan fingerprint density at radius 1 is 1.23 bits per heavy atom. The standard InChI is InChI=1S/C22H19N5O4/c1-3-26-13-14(12-23-26)21-11-19(18-6-4-5-7-20(18)25-21)22(28)24-15-8-16(27(29)30)10-17(9-15)31-2/h4-13H,3H2,1-2H3,(H,24,28). The van der Waals surface area contributed by atoms with E-state index in [1.807, 2.05) is 37.4 Å². The lowest BCUT2D eigenvalue weighted by atomic mass is 10.0. The monoisotopic (exact) mass is 417 g/mol. The summed E-state index contributed by atoms with van der Waals surface area (Å²) in [4.78, 5) is 28.5. The number of carbonyl (C=O) groups excluding carboxylic acids is 1. The van der Waals surface area contributed by atoms with Crippen LogP contribution in [0.3, 0.4) is 0 Å². The third-order valence-electron chi connectivity index (χ3n) is 4.81. The van der Waals surface area contributed by atoms with Crippen LogP contribution in [0.5, 0.6) is 5.75 Å². The highest BCUT2D eigenvalue weighted by Crippen LogP contribution is 2.28. The Labute approximate surface area is 177 Å². The second-order valence-electron chi connectivity index (χ2n) is 6.79. The van der Waals surface area contributed by atoms with E-state index in [-0.39, 0.29) is 17.1 Å².